The fraction of sp³-hybridized carbons (Fsp3) is 0.538. The van der Waals surface area contributed by atoms with Crippen LogP contribution in [0.25, 0.3) is 0 Å². The number of benzene rings is 1. The lowest BCUT2D eigenvalue weighted by atomic mass is 10.2. The maximum atomic E-state index is 10.8. The molecule has 1 rings (SSSR count). The van der Waals surface area contributed by atoms with E-state index >= 15 is 0 Å². The molecule has 100 valence electrons. The van der Waals surface area contributed by atoms with Gasteiger partial charge in [-0.2, -0.15) is 0 Å². The van der Waals surface area contributed by atoms with Gasteiger partial charge in [0.1, 0.15) is 5.75 Å². The van der Waals surface area contributed by atoms with E-state index in [2.05, 4.69) is 33.9 Å². The summed E-state index contributed by atoms with van der Waals surface area (Å²) in [7, 11) is -1.88. The van der Waals surface area contributed by atoms with Crippen molar-refractivity contribution in [3.05, 3.63) is 33.9 Å². The quantitative estimate of drug-likeness (QED) is 0.466. The van der Waals surface area contributed by atoms with Crippen LogP contribution < -0.4 is 4.43 Å². The molecule has 4 nitrogen and oxygen atoms in total. The second-order valence-electron chi connectivity index (χ2n) is 6.07. The van der Waals surface area contributed by atoms with Crippen LogP contribution in [0.4, 0.5) is 5.69 Å². The molecule has 0 spiro atoms. The lowest BCUT2D eigenvalue weighted by Crippen LogP contribution is -2.43. The number of rotatable bonds is 3. The van der Waals surface area contributed by atoms with Gasteiger partial charge in [-0.15, -0.1) is 0 Å². The zero-order valence-electron chi connectivity index (χ0n) is 11.9. The van der Waals surface area contributed by atoms with Crippen LogP contribution in [-0.4, -0.2) is 13.2 Å². The zero-order valence-corrected chi connectivity index (χ0v) is 12.9. The number of nitro benzene ring substituents is 1. The van der Waals surface area contributed by atoms with Crippen LogP contribution in [0.2, 0.25) is 18.1 Å². The van der Waals surface area contributed by atoms with Gasteiger partial charge >= 0.3 is 0 Å². The molecule has 18 heavy (non-hydrogen) atoms. The highest BCUT2D eigenvalue weighted by atomic mass is 28.4. The van der Waals surface area contributed by atoms with Crippen LogP contribution in [-0.2, 0) is 0 Å². The lowest BCUT2D eigenvalue weighted by Gasteiger charge is -2.36. The van der Waals surface area contributed by atoms with Crippen LogP contribution in [0.5, 0.6) is 5.75 Å². The Morgan fingerprint density at radius 3 is 2.22 bits per heavy atom. The first-order valence-electron chi connectivity index (χ1n) is 5.99. The summed E-state index contributed by atoms with van der Waals surface area (Å²) in [6.45, 7) is 12.5. The van der Waals surface area contributed by atoms with Crippen molar-refractivity contribution in [3.63, 3.8) is 0 Å². The Labute approximate surface area is 109 Å². The van der Waals surface area contributed by atoms with Crippen molar-refractivity contribution < 1.29 is 9.35 Å². The van der Waals surface area contributed by atoms with E-state index in [1.165, 1.54) is 6.07 Å². The molecule has 0 atom stereocenters. The van der Waals surface area contributed by atoms with E-state index in [0.29, 0.717) is 5.56 Å². The summed E-state index contributed by atoms with van der Waals surface area (Å²) in [6.07, 6.45) is 0. The first-order valence-corrected chi connectivity index (χ1v) is 8.89. The smallest absolute Gasteiger partial charge is 0.272 e. The van der Waals surface area contributed by atoms with E-state index < -0.39 is 8.32 Å². The largest absolute Gasteiger partial charge is 0.543 e. The molecule has 0 bridgehead atoms. The third kappa shape index (κ3) is 3.10. The number of hydrogen-bond acceptors (Lipinski definition) is 3. The molecule has 0 unspecified atom stereocenters. The van der Waals surface area contributed by atoms with Gasteiger partial charge in [0, 0.05) is 11.6 Å². The molecule has 1 aromatic carbocycles. The minimum absolute atomic E-state index is 0.114. The monoisotopic (exact) mass is 267 g/mol. The molecule has 0 aliphatic carbocycles. The second-order valence-corrected chi connectivity index (χ2v) is 10.8. The average molecular weight is 267 g/mol. The van der Waals surface area contributed by atoms with Gasteiger partial charge in [0.05, 0.1) is 4.92 Å². The SMILES string of the molecule is Cc1cc(O[Si](C)(C)C(C)(C)C)ccc1[N+](=O)[O-]. The predicted molar refractivity (Wildman–Crippen MR) is 75.7 cm³/mol. The van der Waals surface area contributed by atoms with Crippen LogP contribution in [0, 0.1) is 17.0 Å². The van der Waals surface area contributed by atoms with Crippen LogP contribution in [0.3, 0.4) is 0 Å². The van der Waals surface area contributed by atoms with E-state index in [-0.39, 0.29) is 15.6 Å². The van der Waals surface area contributed by atoms with Crippen molar-refractivity contribution in [2.24, 2.45) is 0 Å². The minimum Gasteiger partial charge on any atom is -0.543 e. The molecule has 0 radical (unpaired) electrons. The van der Waals surface area contributed by atoms with Crippen molar-refractivity contribution in [2.45, 2.75) is 45.8 Å². The van der Waals surface area contributed by atoms with Crippen LogP contribution in [0.15, 0.2) is 18.2 Å². The standard InChI is InChI=1S/C13H21NO3Si/c1-10-9-11(7-8-12(10)14(15)16)17-18(5,6)13(2,3)4/h7-9H,1-6H3. The van der Waals surface area contributed by atoms with Crippen molar-refractivity contribution >= 4 is 14.0 Å². The number of nitrogens with zero attached hydrogens (tertiary/aromatic N) is 1. The third-order valence-electron chi connectivity index (χ3n) is 3.54. The van der Waals surface area contributed by atoms with E-state index in [1.54, 1.807) is 19.1 Å². The van der Waals surface area contributed by atoms with Gasteiger partial charge < -0.3 is 4.43 Å². The summed E-state index contributed by atoms with van der Waals surface area (Å²) < 4.78 is 6.10. The Bertz CT molecular complexity index is 464. The summed E-state index contributed by atoms with van der Waals surface area (Å²) in [5.74, 6) is 0.727. The molecular weight excluding hydrogens is 246 g/mol. The van der Waals surface area contributed by atoms with Crippen molar-refractivity contribution in [1.82, 2.24) is 0 Å². The van der Waals surface area contributed by atoms with Gasteiger partial charge in [0.2, 0.25) is 8.32 Å². The molecular formula is C13H21NO3Si. The molecule has 0 aromatic heterocycles. The van der Waals surface area contributed by atoms with E-state index in [9.17, 15) is 10.1 Å². The molecule has 0 heterocycles. The molecule has 1 aromatic rings. The van der Waals surface area contributed by atoms with E-state index in [0.717, 1.165) is 5.75 Å². The fourth-order valence-electron chi connectivity index (χ4n) is 1.34. The van der Waals surface area contributed by atoms with E-state index in [1.807, 2.05) is 0 Å². The summed E-state index contributed by atoms with van der Waals surface area (Å²) in [6, 6.07) is 4.95. The molecule has 0 N–H and O–H groups in total. The Hall–Kier alpha value is -1.36. The molecule has 0 aliphatic rings. The van der Waals surface area contributed by atoms with Gasteiger partial charge in [-0.25, -0.2) is 0 Å². The first-order chi connectivity index (χ1) is 8.04. The summed E-state index contributed by atoms with van der Waals surface area (Å²) in [4.78, 5) is 10.4. The lowest BCUT2D eigenvalue weighted by molar-refractivity contribution is -0.385. The number of hydrogen-bond donors (Lipinski definition) is 0. The Kier molecular flexibility index (Phi) is 3.86. The van der Waals surface area contributed by atoms with Crippen molar-refractivity contribution in [3.8, 4) is 5.75 Å². The number of aryl methyl sites for hydroxylation is 1. The summed E-state index contributed by atoms with van der Waals surface area (Å²) in [5.41, 5.74) is 0.772. The molecule has 0 fully saturated rings. The predicted octanol–water partition coefficient (Wildman–Crippen LogP) is 4.29. The summed E-state index contributed by atoms with van der Waals surface area (Å²) >= 11 is 0. The van der Waals surface area contributed by atoms with Crippen LogP contribution in [0.1, 0.15) is 26.3 Å². The number of nitro groups is 1. The maximum Gasteiger partial charge on any atom is 0.272 e. The van der Waals surface area contributed by atoms with Crippen LogP contribution >= 0.6 is 0 Å². The Balaban J connectivity index is 3.01. The average Bonchev–Trinajstić information content (AvgIpc) is 2.14. The highest BCUT2D eigenvalue weighted by Crippen LogP contribution is 2.38. The third-order valence-corrected chi connectivity index (χ3v) is 7.90. The minimum atomic E-state index is -1.88. The first kappa shape index (κ1) is 14.7. The Morgan fingerprint density at radius 1 is 1.28 bits per heavy atom. The molecule has 5 heteroatoms. The molecule has 0 amide bonds. The maximum absolute atomic E-state index is 10.8. The van der Waals surface area contributed by atoms with E-state index in [4.69, 9.17) is 4.43 Å². The van der Waals surface area contributed by atoms with Gasteiger partial charge in [0.15, 0.2) is 0 Å². The fourth-order valence-corrected chi connectivity index (χ4v) is 2.37. The van der Waals surface area contributed by atoms with Crippen molar-refractivity contribution in [1.29, 1.82) is 0 Å². The van der Waals surface area contributed by atoms with Gasteiger partial charge in [-0.1, -0.05) is 20.8 Å². The van der Waals surface area contributed by atoms with Crippen molar-refractivity contribution in [2.75, 3.05) is 0 Å². The van der Waals surface area contributed by atoms with Gasteiger partial charge in [0.25, 0.3) is 5.69 Å². The molecule has 0 saturated carbocycles. The van der Waals surface area contributed by atoms with Gasteiger partial charge in [-0.05, 0) is 37.2 Å². The highest BCUT2D eigenvalue weighted by molar-refractivity contribution is 6.74. The highest BCUT2D eigenvalue weighted by Gasteiger charge is 2.39. The zero-order chi connectivity index (χ0) is 14.1. The van der Waals surface area contributed by atoms with Gasteiger partial charge in [-0.3, -0.25) is 10.1 Å². The topological polar surface area (TPSA) is 52.4 Å². The summed E-state index contributed by atoms with van der Waals surface area (Å²) in [5, 5.41) is 10.9. The molecule has 0 aliphatic heterocycles. The molecule has 0 saturated heterocycles. The second kappa shape index (κ2) is 4.72. The normalized spacial score (nSPS) is 12.3. The Morgan fingerprint density at radius 2 is 1.83 bits per heavy atom.